The first-order valence-corrected chi connectivity index (χ1v) is 5.62. The smallest absolute Gasteiger partial charge is 0.249 e. The Kier molecular flexibility index (Phi) is 3.86. The fourth-order valence-electron chi connectivity index (χ4n) is 1.75. The van der Waals surface area contributed by atoms with Gasteiger partial charge in [0.25, 0.3) is 0 Å². The lowest BCUT2D eigenvalue weighted by Gasteiger charge is -2.24. The quantitative estimate of drug-likeness (QED) is 0.568. The van der Waals surface area contributed by atoms with Gasteiger partial charge in [0, 0.05) is 12.1 Å². The molecule has 2 N–H and O–H groups in total. The Balaban J connectivity index is 2.71. The molecular weight excluding hydrogens is 204 g/mol. The van der Waals surface area contributed by atoms with Gasteiger partial charge >= 0.3 is 0 Å². The number of hydrogen-bond acceptors (Lipinski definition) is 4. The van der Waals surface area contributed by atoms with Crippen molar-refractivity contribution < 1.29 is 0 Å². The van der Waals surface area contributed by atoms with E-state index in [4.69, 9.17) is 0 Å². The van der Waals surface area contributed by atoms with E-state index in [-0.39, 0.29) is 16.3 Å². The predicted molar refractivity (Wildman–Crippen MR) is 67.1 cm³/mol. The highest BCUT2D eigenvalue weighted by molar-refractivity contribution is 5.59. The minimum Gasteiger partial charge on any atom is -0.381 e. The van der Waals surface area contributed by atoms with E-state index in [9.17, 15) is 9.59 Å². The molecule has 1 aromatic rings. The van der Waals surface area contributed by atoms with Crippen molar-refractivity contribution in [2.45, 2.75) is 32.6 Å². The van der Waals surface area contributed by atoms with Crippen LogP contribution < -0.4 is 21.5 Å². The van der Waals surface area contributed by atoms with Crippen LogP contribution in [-0.4, -0.2) is 20.1 Å². The van der Waals surface area contributed by atoms with Gasteiger partial charge in [0.15, 0.2) is 0 Å². The zero-order valence-corrected chi connectivity index (χ0v) is 10.4. The van der Waals surface area contributed by atoms with Gasteiger partial charge in [-0.1, -0.05) is 20.8 Å². The molecule has 4 heteroatoms. The third-order valence-corrected chi connectivity index (χ3v) is 2.57. The van der Waals surface area contributed by atoms with Crippen molar-refractivity contribution in [3.8, 4) is 0 Å². The van der Waals surface area contributed by atoms with Crippen LogP contribution in [0.5, 0.6) is 0 Å². The zero-order chi connectivity index (χ0) is 12.3. The molecule has 0 heterocycles. The van der Waals surface area contributed by atoms with Gasteiger partial charge in [-0.05, 0) is 25.4 Å². The molecule has 0 saturated carbocycles. The summed E-state index contributed by atoms with van der Waals surface area (Å²) in [6.07, 6.45) is 0.929. The molecule has 0 spiro atoms. The molecule has 0 bridgehead atoms. The van der Waals surface area contributed by atoms with Gasteiger partial charge in [0.1, 0.15) is 0 Å². The second kappa shape index (κ2) is 4.78. The fraction of sp³-hybridized carbons (Fsp3) is 0.667. The summed E-state index contributed by atoms with van der Waals surface area (Å²) in [6.45, 7) is 7.45. The van der Waals surface area contributed by atoms with Crippen LogP contribution in [0.15, 0.2) is 9.59 Å². The topological polar surface area (TPSA) is 58.2 Å². The third-order valence-electron chi connectivity index (χ3n) is 2.57. The van der Waals surface area contributed by atoms with Gasteiger partial charge in [-0.25, -0.2) is 0 Å². The Labute approximate surface area is 95.8 Å². The van der Waals surface area contributed by atoms with E-state index in [2.05, 4.69) is 10.6 Å². The predicted octanol–water partition coefficient (Wildman–Crippen LogP) is 0.602. The fourth-order valence-corrected chi connectivity index (χ4v) is 1.75. The van der Waals surface area contributed by atoms with Crippen molar-refractivity contribution in [2.24, 2.45) is 0 Å². The van der Waals surface area contributed by atoms with Crippen molar-refractivity contribution in [3.63, 3.8) is 0 Å². The molecule has 0 fully saturated rings. The van der Waals surface area contributed by atoms with E-state index < -0.39 is 0 Å². The zero-order valence-electron chi connectivity index (χ0n) is 10.4. The minimum absolute atomic E-state index is 0.254. The van der Waals surface area contributed by atoms with E-state index in [0.29, 0.717) is 11.3 Å². The van der Waals surface area contributed by atoms with E-state index in [1.165, 1.54) is 0 Å². The van der Waals surface area contributed by atoms with Crippen LogP contribution >= 0.6 is 0 Å². The Bertz CT molecular complexity index is 423. The largest absolute Gasteiger partial charge is 0.381 e. The average Bonchev–Trinajstić information content (AvgIpc) is 2.19. The summed E-state index contributed by atoms with van der Waals surface area (Å²) in [6, 6.07) is 0. The van der Waals surface area contributed by atoms with Crippen LogP contribution in [0.2, 0.25) is 0 Å². The van der Waals surface area contributed by atoms with Crippen molar-refractivity contribution in [1.29, 1.82) is 0 Å². The molecule has 0 saturated heterocycles. The molecule has 16 heavy (non-hydrogen) atoms. The van der Waals surface area contributed by atoms with Crippen molar-refractivity contribution >= 4 is 5.69 Å². The summed E-state index contributed by atoms with van der Waals surface area (Å²) in [7, 11) is 1.89. The lowest BCUT2D eigenvalue weighted by Crippen LogP contribution is -2.43. The molecule has 1 aromatic carbocycles. The van der Waals surface area contributed by atoms with Gasteiger partial charge in [-0.15, -0.1) is 0 Å². The number of nitrogens with one attached hydrogen (secondary N) is 2. The maximum Gasteiger partial charge on any atom is 0.249 e. The van der Waals surface area contributed by atoms with Crippen LogP contribution in [0.25, 0.3) is 0 Å². The van der Waals surface area contributed by atoms with E-state index in [0.717, 1.165) is 19.5 Å². The van der Waals surface area contributed by atoms with Crippen LogP contribution in [0, 0.1) is 0 Å². The van der Waals surface area contributed by atoms with Crippen LogP contribution in [-0.2, 0) is 5.41 Å². The Morgan fingerprint density at radius 1 is 1.06 bits per heavy atom. The lowest BCUT2D eigenvalue weighted by atomic mass is 9.82. The molecule has 4 nitrogen and oxygen atoms in total. The minimum atomic E-state index is -0.366. The first kappa shape index (κ1) is 12.9. The maximum atomic E-state index is 11.4. The van der Waals surface area contributed by atoms with E-state index in [1.807, 2.05) is 27.8 Å². The normalized spacial score (nSPS) is 12.0. The van der Waals surface area contributed by atoms with Gasteiger partial charge in [0.05, 0.1) is 5.69 Å². The molecule has 0 aliphatic rings. The molecule has 1 rings (SSSR count). The monoisotopic (exact) mass is 224 g/mol. The SMILES string of the molecule is CNCCCNc1c(C(C)(C)C)c(=O)c1=O. The maximum absolute atomic E-state index is 11.4. The molecule has 0 atom stereocenters. The lowest BCUT2D eigenvalue weighted by molar-refractivity contribution is 0.579. The van der Waals surface area contributed by atoms with E-state index in [1.54, 1.807) is 0 Å². The third kappa shape index (κ3) is 2.50. The van der Waals surface area contributed by atoms with Gasteiger partial charge < -0.3 is 10.6 Å². The summed E-state index contributed by atoms with van der Waals surface area (Å²) in [4.78, 5) is 22.8. The number of anilines is 1. The second-order valence-corrected chi connectivity index (χ2v) is 5.04. The number of rotatable bonds is 5. The first-order chi connectivity index (χ1) is 7.39. The van der Waals surface area contributed by atoms with Crippen molar-refractivity contribution in [2.75, 3.05) is 25.5 Å². The Hall–Kier alpha value is -1.16. The molecule has 0 aliphatic carbocycles. The number of hydrogen-bond donors (Lipinski definition) is 2. The van der Waals surface area contributed by atoms with Gasteiger partial charge in [-0.2, -0.15) is 0 Å². The second-order valence-electron chi connectivity index (χ2n) is 5.04. The first-order valence-electron chi connectivity index (χ1n) is 5.62. The molecule has 0 aliphatic heterocycles. The van der Waals surface area contributed by atoms with Gasteiger partial charge in [0.2, 0.25) is 10.9 Å². The summed E-state index contributed by atoms with van der Waals surface area (Å²) < 4.78 is 0. The standard InChI is InChI=1S/C12H20N2O2/c1-12(2,3)8-9(11(16)10(8)15)14-7-5-6-13-4/h13-14H,5-7H2,1-4H3. The van der Waals surface area contributed by atoms with Crippen LogP contribution in [0.4, 0.5) is 5.69 Å². The van der Waals surface area contributed by atoms with E-state index >= 15 is 0 Å². The van der Waals surface area contributed by atoms with Crippen molar-refractivity contribution in [3.05, 3.63) is 26.0 Å². The summed E-state index contributed by atoms with van der Waals surface area (Å²) in [5.41, 5.74) is 0.213. The van der Waals surface area contributed by atoms with Crippen LogP contribution in [0.3, 0.4) is 0 Å². The van der Waals surface area contributed by atoms with Gasteiger partial charge in [-0.3, -0.25) is 9.59 Å². The highest BCUT2D eigenvalue weighted by Gasteiger charge is 2.29. The molecular formula is C12H20N2O2. The molecule has 90 valence electrons. The van der Waals surface area contributed by atoms with Crippen LogP contribution in [0.1, 0.15) is 32.8 Å². The summed E-state index contributed by atoms with van der Waals surface area (Å²) in [5.74, 6) is 0. The molecule has 0 aromatic heterocycles. The molecule has 0 amide bonds. The highest BCUT2D eigenvalue weighted by atomic mass is 16.2. The molecule has 0 radical (unpaired) electrons. The summed E-state index contributed by atoms with van der Waals surface area (Å²) >= 11 is 0. The molecule has 0 unspecified atom stereocenters. The Morgan fingerprint density at radius 3 is 2.19 bits per heavy atom. The average molecular weight is 224 g/mol. The summed E-state index contributed by atoms with van der Waals surface area (Å²) in [5, 5.41) is 6.09. The Morgan fingerprint density at radius 2 is 1.69 bits per heavy atom. The highest BCUT2D eigenvalue weighted by Crippen LogP contribution is 2.25. The van der Waals surface area contributed by atoms with Crippen molar-refractivity contribution in [1.82, 2.24) is 5.32 Å².